The molecule has 0 spiro atoms. The Morgan fingerprint density at radius 2 is 2.67 bits per heavy atom. The van der Waals surface area contributed by atoms with Gasteiger partial charge in [0.25, 0.3) is 0 Å². The first-order valence-corrected chi connectivity index (χ1v) is 1.75. The highest BCUT2D eigenvalue weighted by molar-refractivity contribution is 5.45. The van der Waals surface area contributed by atoms with E-state index in [9.17, 15) is 0 Å². The predicted octanol–water partition coefficient (Wildman–Crippen LogP) is -0.0751. The lowest BCUT2D eigenvalue weighted by atomic mass is 10.9. The van der Waals surface area contributed by atoms with E-state index in [0.717, 1.165) is 0 Å². The van der Waals surface area contributed by atoms with Crippen molar-refractivity contribution >= 4 is 6.40 Å². The lowest BCUT2D eigenvalue weighted by molar-refractivity contribution is 0.342. The van der Waals surface area contributed by atoms with Crippen LogP contribution >= 0.6 is 0 Å². The molecule has 0 atom stereocenters. The topological polar surface area (TPSA) is 47.6 Å². The van der Waals surface area contributed by atoms with E-state index in [-0.39, 0.29) is 0 Å². The standard InChI is InChI=1S/C3H8N2O/c1-2-6-3-5-4/h3H,2,4H2,1H3/b5-3-. The molecule has 3 heteroatoms. The highest BCUT2D eigenvalue weighted by atomic mass is 16.5. The summed E-state index contributed by atoms with van der Waals surface area (Å²) in [5, 5.41) is 3.08. The van der Waals surface area contributed by atoms with Gasteiger partial charge in [0.15, 0.2) is 6.40 Å². The highest BCUT2D eigenvalue weighted by Gasteiger charge is 1.61. The highest BCUT2D eigenvalue weighted by Crippen LogP contribution is 1.58. The summed E-state index contributed by atoms with van der Waals surface area (Å²) >= 11 is 0. The van der Waals surface area contributed by atoms with E-state index < -0.39 is 0 Å². The van der Waals surface area contributed by atoms with Crippen LogP contribution in [-0.2, 0) is 4.74 Å². The van der Waals surface area contributed by atoms with Crippen LogP contribution in [-0.4, -0.2) is 13.0 Å². The Labute approximate surface area is 36.8 Å². The van der Waals surface area contributed by atoms with E-state index in [0.29, 0.717) is 6.61 Å². The van der Waals surface area contributed by atoms with Gasteiger partial charge in [0.1, 0.15) is 0 Å². The maximum atomic E-state index is 4.66. The van der Waals surface area contributed by atoms with Crippen molar-refractivity contribution < 1.29 is 4.74 Å². The molecule has 0 aromatic heterocycles. The van der Waals surface area contributed by atoms with E-state index in [2.05, 4.69) is 15.7 Å². The molecule has 0 aliphatic heterocycles. The Morgan fingerprint density at radius 3 is 2.83 bits per heavy atom. The maximum absolute atomic E-state index is 4.66. The molecule has 0 radical (unpaired) electrons. The zero-order chi connectivity index (χ0) is 4.83. The zero-order valence-electron chi connectivity index (χ0n) is 3.72. The third-order valence-corrected chi connectivity index (χ3v) is 0.302. The van der Waals surface area contributed by atoms with Gasteiger partial charge in [-0.1, -0.05) is 0 Å². The van der Waals surface area contributed by atoms with Crippen LogP contribution in [0.15, 0.2) is 5.10 Å². The monoisotopic (exact) mass is 88.1 g/mol. The van der Waals surface area contributed by atoms with Crippen LogP contribution in [0.5, 0.6) is 0 Å². The van der Waals surface area contributed by atoms with Gasteiger partial charge >= 0.3 is 0 Å². The summed E-state index contributed by atoms with van der Waals surface area (Å²) in [7, 11) is 0. The van der Waals surface area contributed by atoms with Gasteiger partial charge in [-0.15, -0.1) is 0 Å². The molecule has 0 bridgehead atoms. The average molecular weight is 88.1 g/mol. The molecule has 0 aliphatic rings. The molecular weight excluding hydrogens is 80.0 g/mol. The first kappa shape index (κ1) is 5.27. The van der Waals surface area contributed by atoms with E-state index in [1.54, 1.807) is 0 Å². The van der Waals surface area contributed by atoms with Crippen molar-refractivity contribution in [1.82, 2.24) is 0 Å². The fourth-order valence-electron chi connectivity index (χ4n) is 0.118. The fourth-order valence-corrected chi connectivity index (χ4v) is 0.118. The van der Waals surface area contributed by atoms with Gasteiger partial charge in [-0.2, -0.15) is 5.10 Å². The molecule has 0 saturated heterocycles. The lowest BCUT2D eigenvalue weighted by Gasteiger charge is -1.85. The van der Waals surface area contributed by atoms with Crippen LogP contribution in [0.1, 0.15) is 6.92 Å². The van der Waals surface area contributed by atoms with E-state index >= 15 is 0 Å². The molecule has 3 nitrogen and oxygen atoms in total. The Bertz CT molecular complexity index is 44.1. The van der Waals surface area contributed by atoms with Gasteiger partial charge in [0.05, 0.1) is 6.61 Å². The number of hydrogen-bond donors (Lipinski definition) is 1. The molecular formula is C3H8N2O. The van der Waals surface area contributed by atoms with Gasteiger partial charge in [-0.25, -0.2) is 0 Å². The van der Waals surface area contributed by atoms with Crippen LogP contribution in [0.3, 0.4) is 0 Å². The third kappa shape index (κ3) is 3.27. The van der Waals surface area contributed by atoms with Crippen molar-refractivity contribution in [1.29, 1.82) is 0 Å². The number of nitrogens with two attached hydrogens (primary N) is 1. The van der Waals surface area contributed by atoms with Crippen LogP contribution in [0.4, 0.5) is 0 Å². The smallest absolute Gasteiger partial charge is 0.192 e. The number of hydrazone groups is 1. The molecule has 6 heavy (non-hydrogen) atoms. The summed E-state index contributed by atoms with van der Waals surface area (Å²) < 4.78 is 4.57. The third-order valence-electron chi connectivity index (χ3n) is 0.302. The lowest BCUT2D eigenvalue weighted by Crippen LogP contribution is -1.88. The summed E-state index contributed by atoms with van der Waals surface area (Å²) in [6, 6.07) is 0. The Balaban J connectivity index is 2.66. The summed E-state index contributed by atoms with van der Waals surface area (Å²) in [4.78, 5) is 0. The normalized spacial score (nSPS) is 9.50. The average Bonchev–Trinajstić information content (AvgIpc) is 1.61. The number of hydrogen-bond acceptors (Lipinski definition) is 3. The van der Waals surface area contributed by atoms with Gasteiger partial charge in [-0.3, -0.25) is 0 Å². The summed E-state index contributed by atoms with van der Waals surface area (Å²) in [6.45, 7) is 2.49. The molecule has 0 aromatic rings. The first-order valence-electron chi connectivity index (χ1n) is 1.75. The Morgan fingerprint density at radius 1 is 2.00 bits per heavy atom. The van der Waals surface area contributed by atoms with Gasteiger partial charge in [-0.05, 0) is 6.92 Å². The first-order chi connectivity index (χ1) is 2.91. The Kier molecular flexibility index (Phi) is 3.75. The van der Waals surface area contributed by atoms with Crippen LogP contribution in [0.25, 0.3) is 0 Å². The van der Waals surface area contributed by atoms with E-state index in [1.165, 1.54) is 6.40 Å². The molecule has 0 fully saturated rings. The van der Waals surface area contributed by atoms with Crippen molar-refractivity contribution in [2.24, 2.45) is 10.9 Å². The van der Waals surface area contributed by atoms with Crippen LogP contribution in [0, 0.1) is 0 Å². The largest absolute Gasteiger partial charge is 0.482 e. The molecule has 0 rings (SSSR count). The number of rotatable bonds is 2. The Hall–Kier alpha value is -0.730. The van der Waals surface area contributed by atoms with Crippen LogP contribution in [0.2, 0.25) is 0 Å². The van der Waals surface area contributed by atoms with Crippen molar-refractivity contribution in [2.45, 2.75) is 6.92 Å². The molecule has 0 amide bonds. The second kappa shape index (κ2) is 4.27. The summed E-state index contributed by atoms with van der Waals surface area (Å²) in [5.74, 6) is 4.66. The van der Waals surface area contributed by atoms with Gasteiger partial charge < -0.3 is 10.6 Å². The predicted molar refractivity (Wildman–Crippen MR) is 24.3 cm³/mol. The molecule has 0 saturated carbocycles. The minimum absolute atomic E-state index is 0.626. The second-order valence-corrected chi connectivity index (χ2v) is 0.710. The van der Waals surface area contributed by atoms with E-state index in [4.69, 9.17) is 0 Å². The van der Waals surface area contributed by atoms with Gasteiger partial charge in [0, 0.05) is 0 Å². The fraction of sp³-hybridized carbons (Fsp3) is 0.667. The second-order valence-electron chi connectivity index (χ2n) is 0.710. The summed E-state index contributed by atoms with van der Waals surface area (Å²) in [5.41, 5.74) is 0. The van der Waals surface area contributed by atoms with Crippen molar-refractivity contribution in [3.63, 3.8) is 0 Å². The molecule has 0 unspecified atom stereocenters. The van der Waals surface area contributed by atoms with Crippen LogP contribution < -0.4 is 5.84 Å². The molecule has 2 N–H and O–H groups in total. The maximum Gasteiger partial charge on any atom is 0.192 e. The number of nitrogens with zero attached hydrogens (tertiary/aromatic N) is 1. The molecule has 0 heterocycles. The quantitative estimate of drug-likeness (QED) is 0.222. The van der Waals surface area contributed by atoms with Crippen molar-refractivity contribution in [3.05, 3.63) is 0 Å². The number of ether oxygens (including phenoxy) is 1. The molecule has 0 aromatic carbocycles. The zero-order valence-corrected chi connectivity index (χ0v) is 3.72. The summed E-state index contributed by atoms with van der Waals surface area (Å²) in [6.07, 6.45) is 1.21. The van der Waals surface area contributed by atoms with E-state index in [1.807, 2.05) is 6.92 Å². The minimum Gasteiger partial charge on any atom is -0.482 e. The van der Waals surface area contributed by atoms with Crippen molar-refractivity contribution in [2.75, 3.05) is 6.61 Å². The van der Waals surface area contributed by atoms with Gasteiger partial charge in [0.2, 0.25) is 0 Å². The molecule has 36 valence electrons. The molecule has 0 aliphatic carbocycles. The van der Waals surface area contributed by atoms with Crippen molar-refractivity contribution in [3.8, 4) is 0 Å². The minimum atomic E-state index is 0.626. The SMILES string of the molecule is CCO/C=N\N.